The Hall–Kier alpha value is -1.61. The Kier molecular flexibility index (Phi) is 4.96. The first-order chi connectivity index (χ1) is 9.60. The van der Waals surface area contributed by atoms with Gasteiger partial charge in [0.25, 0.3) is 0 Å². The largest absolute Gasteiger partial charge is 0.370 e. The van der Waals surface area contributed by atoms with Crippen molar-refractivity contribution >= 4 is 17.4 Å². The molecule has 1 aromatic heterocycles. The van der Waals surface area contributed by atoms with Gasteiger partial charge in [-0.15, -0.1) is 0 Å². The molecule has 0 amide bonds. The van der Waals surface area contributed by atoms with Crippen LogP contribution in [-0.4, -0.2) is 16.5 Å². The molecule has 0 fully saturated rings. The van der Waals surface area contributed by atoms with Crippen molar-refractivity contribution < 1.29 is 0 Å². The zero-order valence-corrected chi connectivity index (χ0v) is 12.9. The summed E-state index contributed by atoms with van der Waals surface area (Å²) in [5.41, 5.74) is 1.92. The lowest BCUT2D eigenvalue weighted by Crippen LogP contribution is -2.07. The van der Waals surface area contributed by atoms with Crippen molar-refractivity contribution in [1.29, 1.82) is 0 Å². The zero-order chi connectivity index (χ0) is 14.5. The molecule has 0 spiro atoms. The minimum absolute atomic E-state index is 0.288. The maximum atomic E-state index is 6.06. The highest BCUT2D eigenvalue weighted by atomic mass is 35.5. The number of hydrogen-bond acceptors (Lipinski definition) is 3. The van der Waals surface area contributed by atoms with Crippen LogP contribution >= 0.6 is 11.6 Å². The molecule has 0 bridgehead atoms. The van der Waals surface area contributed by atoms with E-state index in [-0.39, 0.29) is 5.92 Å². The van der Waals surface area contributed by atoms with Gasteiger partial charge < -0.3 is 5.32 Å². The Morgan fingerprint density at radius 3 is 2.65 bits per heavy atom. The zero-order valence-electron chi connectivity index (χ0n) is 12.2. The van der Waals surface area contributed by atoms with E-state index in [4.69, 9.17) is 11.6 Å². The van der Waals surface area contributed by atoms with Crippen molar-refractivity contribution in [3.8, 4) is 11.3 Å². The molecule has 0 aliphatic heterocycles. The topological polar surface area (TPSA) is 37.8 Å². The number of hydrogen-bond donors (Lipinski definition) is 1. The molecule has 1 N–H and O–H groups in total. The molecule has 0 aliphatic carbocycles. The van der Waals surface area contributed by atoms with Crippen molar-refractivity contribution in [3.05, 3.63) is 41.2 Å². The Morgan fingerprint density at radius 2 is 2.00 bits per heavy atom. The van der Waals surface area contributed by atoms with Crippen LogP contribution in [0.5, 0.6) is 0 Å². The van der Waals surface area contributed by atoms with Gasteiger partial charge >= 0.3 is 0 Å². The summed E-state index contributed by atoms with van der Waals surface area (Å²) in [6, 6.07) is 9.73. The first-order valence-corrected chi connectivity index (χ1v) is 7.36. The van der Waals surface area contributed by atoms with Gasteiger partial charge in [-0.3, -0.25) is 0 Å². The molecule has 2 rings (SSSR count). The van der Waals surface area contributed by atoms with Gasteiger partial charge in [0.15, 0.2) is 0 Å². The van der Waals surface area contributed by atoms with Crippen molar-refractivity contribution in [2.24, 2.45) is 0 Å². The van der Waals surface area contributed by atoms with Crippen LogP contribution in [0.25, 0.3) is 11.3 Å². The highest BCUT2D eigenvalue weighted by molar-refractivity contribution is 6.30. The molecule has 1 heterocycles. The predicted octanol–water partition coefficient (Wildman–Crippen LogP) is 4.74. The number of nitrogens with one attached hydrogen (secondary N) is 1. The SMILES string of the molecule is CCCNc1cc(-c2cccc(Cl)c2)nc(C(C)C)n1. The van der Waals surface area contributed by atoms with Crippen LogP contribution < -0.4 is 5.32 Å². The van der Waals surface area contributed by atoms with E-state index in [0.717, 1.165) is 40.9 Å². The summed E-state index contributed by atoms with van der Waals surface area (Å²) in [7, 11) is 0. The number of aromatic nitrogens is 2. The van der Waals surface area contributed by atoms with Gasteiger partial charge in [-0.05, 0) is 18.6 Å². The van der Waals surface area contributed by atoms with Gasteiger partial charge in [-0.2, -0.15) is 0 Å². The van der Waals surface area contributed by atoms with E-state index in [0.29, 0.717) is 0 Å². The third-order valence-corrected chi connectivity index (χ3v) is 3.17. The number of halogens is 1. The Labute approximate surface area is 125 Å². The fraction of sp³-hybridized carbons (Fsp3) is 0.375. The summed E-state index contributed by atoms with van der Waals surface area (Å²) in [6.07, 6.45) is 1.06. The average molecular weight is 290 g/mol. The second-order valence-corrected chi connectivity index (χ2v) is 5.52. The highest BCUT2D eigenvalue weighted by Gasteiger charge is 2.09. The van der Waals surface area contributed by atoms with Crippen LogP contribution in [0.4, 0.5) is 5.82 Å². The van der Waals surface area contributed by atoms with Gasteiger partial charge in [0.05, 0.1) is 5.69 Å². The molecule has 0 unspecified atom stereocenters. The maximum absolute atomic E-state index is 6.06. The first kappa shape index (κ1) is 14.8. The van der Waals surface area contributed by atoms with Gasteiger partial charge in [-0.1, -0.05) is 44.5 Å². The second kappa shape index (κ2) is 6.71. The molecular weight excluding hydrogens is 270 g/mol. The van der Waals surface area contributed by atoms with Gasteiger partial charge in [0, 0.05) is 29.1 Å². The van der Waals surface area contributed by atoms with Gasteiger partial charge in [0.1, 0.15) is 11.6 Å². The molecule has 3 nitrogen and oxygen atoms in total. The number of anilines is 1. The fourth-order valence-electron chi connectivity index (χ4n) is 1.86. The van der Waals surface area contributed by atoms with E-state index in [1.54, 1.807) is 0 Å². The van der Waals surface area contributed by atoms with Crippen molar-refractivity contribution in [2.45, 2.75) is 33.1 Å². The van der Waals surface area contributed by atoms with Gasteiger partial charge in [-0.25, -0.2) is 9.97 Å². The van der Waals surface area contributed by atoms with Crippen LogP contribution in [-0.2, 0) is 0 Å². The van der Waals surface area contributed by atoms with Crippen LogP contribution in [0.1, 0.15) is 38.9 Å². The molecule has 20 heavy (non-hydrogen) atoms. The number of benzene rings is 1. The molecule has 0 saturated heterocycles. The van der Waals surface area contributed by atoms with E-state index in [9.17, 15) is 0 Å². The van der Waals surface area contributed by atoms with Crippen LogP contribution in [0.15, 0.2) is 30.3 Å². The summed E-state index contributed by atoms with van der Waals surface area (Å²) in [4.78, 5) is 9.21. The van der Waals surface area contributed by atoms with Crippen LogP contribution in [0, 0.1) is 0 Å². The normalized spacial score (nSPS) is 10.8. The Balaban J connectivity index is 2.43. The van der Waals surface area contributed by atoms with Gasteiger partial charge in [0.2, 0.25) is 0 Å². The third-order valence-electron chi connectivity index (χ3n) is 2.94. The molecule has 0 radical (unpaired) electrons. The Bertz CT molecular complexity index is 582. The molecular formula is C16H20ClN3. The monoisotopic (exact) mass is 289 g/mol. The molecule has 106 valence electrons. The van der Waals surface area contributed by atoms with E-state index in [2.05, 4.69) is 36.1 Å². The standard InChI is InChI=1S/C16H20ClN3/c1-4-8-18-15-10-14(19-16(20-15)11(2)3)12-6-5-7-13(17)9-12/h5-7,9-11H,4,8H2,1-3H3,(H,18,19,20). The molecule has 0 atom stereocenters. The maximum Gasteiger partial charge on any atom is 0.133 e. The van der Waals surface area contributed by atoms with Crippen molar-refractivity contribution in [3.63, 3.8) is 0 Å². The number of nitrogens with zero attached hydrogens (tertiary/aromatic N) is 2. The smallest absolute Gasteiger partial charge is 0.133 e. The predicted molar refractivity (Wildman–Crippen MR) is 85.3 cm³/mol. The van der Waals surface area contributed by atoms with Crippen LogP contribution in [0.3, 0.4) is 0 Å². The second-order valence-electron chi connectivity index (χ2n) is 5.09. The molecule has 1 aromatic carbocycles. The quantitative estimate of drug-likeness (QED) is 0.864. The van der Waals surface area contributed by atoms with Crippen molar-refractivity contribution in [1.82, 2.24) is 9.97 Å². The lowest BCUT2D eigenvalue weighted by atomic mass is 10.1. The highest BCUT2D eigenvalue weighted by Crippen LogP contribution is 2.24. The fourth-order valence-corrected chi connectivity index (χ4v) is 2.05. The molecule has 4 heteroatoms. The van der Waals surface area contributed by atoms with Crippen LogP contribution in [0.2, 0.25) is 5.02 Å². The average Bonchev–Trinajstić information content (AvgIpc) is 2.44. The molecule has 0 saturated carbocycles. The lowest BCUT2D eigenvalue weighted by Gasteiger charge is -2.11. The first-order valence-electron chi connectivity index (χ1n) is 6.99. The van der Waals surface area contributed by atoms with E-state index < -0.39 is 0 Å². The summed E-state index contributed by atoms with van der Waals surface area (Å²) in [5.74, 6) is 2.01. The third kappa shape index (κ3) is 3.70. The van der Waals surface area contributed by atoms with E-state index in [1.807, 2.05) is 30.3 Å². The summed E-state index contributed by atoms with van der Waals surface area (Å²) in [5, 5.41) is 4.05. The minimum Gasteiger partial charge on any atom is -0.370 e. The van der Waals surface area contributed by atoms with E-state index in [1.165, 1.54) is 0 Å². The summed E-state index contributed by atoms with van der Waals surface area (Å²) < 4.78 is 0. The lowest BCUT2D eigenvalue weighted by molar-refractivity contribution is 0.775. The summed E-state index contributed by atoms with van der Waals surface area (Å²) in [6.45, 7) is 7.24. The van der Waals surface area contributed by atoms with Crippen molar-refractivity contribution in [2.75, 3.05) is 11.9 Å². The Morgan fingerprint density at radius 1 is 1.20 bits per heavy atom. The van der Waals surface area contributed by atoms with E-state index >= 15 is 0 Å². The molecule has 0 aliphatic rings. The number of rotatable bonds is 5. The summed E-state index contributed by atoms with van der Waals surface area (Å²) >= 11 is 6.06. The molecule has 2 aromatic rings. The minimum atomic E-state index is 0.288.